The molecular formula is C23H25N7O4S2. The van der Waals surface area contributed by atoms with Crippen molar-refractivity contribution in [2.75, 3.05) is 17.5 Å². The van der Waals surface area contributed by atoms with Gasteiger partial charge in [0.15, 0.2) is 11.5 Å². The summed E-state index contributed by atoms with van der Waals surface area (Å²) in [5.74, 6) is 0.0353. The lowest BCUT2D eigenvalue weighted by Gasteiger charge is -2.31. The quantitative estimate of drug-likeness (QED) is 0.251. The van der Waals surface area contributed by atoms with Crippen molar-refractivity contribution in [2.24, 2.45) is 4.99 Å². The van der Waals surface area contributed by atoms with Crippen LogP contribution in [0.2, 0.25) is 0 Å². The summed E-state index contributed by atoms with van der Waals surface area (Å²) in [4.78, 5) is 13.1. The molecule has 11 nitrogen and oxygen atoms in total. The van der Waals surface area contributed by atoms with Gasteiger partial charge in [-0.25, -0.2) is 36.5 Å². The molecule has 0 spiro atoms. The van der Waals surface area contributed by atoms with Crippen LogP contribution in [0.3, 0.4) is 0 Å². The van der Waals surface area contributed by atoms with Gasteiger partial charge in [0.1, 0.15) is 6.33 Å². The van der Waals surface area contributed by atoms with Gasteiger partial charge in [-0.15, -0.1) is 0 Å². The second-order valence-electron chi connectivity index (χ2n) is 8.06. The van der Waals surface area contributed by atoms with Crippen molar-refractivity contribution in [2.45, 2.75) is 20.3 Å². The van der Waals surface area contributed by atoms with Crippen molar-refractivity contribution in [1.29, 1.82) is 0 Å². The summed E-state index contributed by atoms with van der Waals surface area (Å²) in [7, 11) is -8.56. The van der Waals surface area contributed by atoms with Crippen LogP contribution in [0, 0.1) is 0 Å². The van der Waals surface area contributed by atoms with Crippen LogP contribution in [0.25, 0.3) is 16.7 Å². The van der Waals surface area contributed by atoms with Crippen LogP contribution < -0.4 is 5.01 Å². The molecule has 0 radical (unpaired) electrons. The number of nitrogens with zero attached hydrogens (tertiary/aromatic N) is 7. The maximum atomic E-state index is 12.7. The van der Waals surface area contributed by atoms with E-state index in [2.05, 4.69) is 20.1 Å². The van der Waals surface area contributed by atoms with Gasteiger partial charge in [0, 0.05) is 9.53 Å². The van der Waals surface area contributed by atoms with Gasteiger partial charge in [-0.1, -0.05) is 25.1 Å². The molecule has 0 aliphatic rings. The molecule has 13 heteroatoms. The molecule has 0 aliphatic heterocycles. The lowest BCUT2D eigenvalue weighted by Crippen LogP contribution is -2.47. The summed E-state index contributed by atoms with van der Waals surface area (Å²) in [6.45, 7) is 4.00. The van der Waals surface area contributed by atoms with Crippen LogP contribution >= 0.6 is 0 Å². The van der Waals surface area contributed by atoms with Gasteiger partial charge in [0.2, 0.25) is 20.0 Å². The molecular weight excluding hydrogens is 502 g/mol. The van der Waals surface area contributed by atoms with E-state index in [4.69, 9.17) is 0 Å². The van der Waals surface area contributed by atoms with E-state index in [0.717, 1.165) is 35.3 Å². The highest BCUT2D eigenvalue weighted by Crippen LogP contribution is 2.34. The smallest absolute Gasteiger partial charge is 0.242 e. The van der Waals surface area contributed by atoms with Crippen LogP contribution in [-0.2, 0) is 20.0 Å². The Morgan fingerprint density at radius 3 is 2.17 bits per heavy atom. The first-order chi connectivity index (χ1) is 17.0. The van der Waals surface area contributed by atoms with E-state index < -0.39 is 20.0 Å². The van der Waals surface area contributed by atoms with Crippen LogP contribution in [-0.4, -0.2) is 58.6 Å². The summed E-state index contributed by atoms with van der Waals surface area (Å²) >= 11 is 0. The number of hydrogen-bond acceptors (Lipinski definition) is 9. The molecule has 2 aromatic heterocycles. The molecule has 0 amide bonds. The fourth-order valence-corrected chi connectivity index (χ4v) is 6.47. The highest BCUT2D eigenvalue weighted by atomic mass is 32.3. The average molecular weight is 528 g/mol. The lowest BCUT2D eigenvalue weighted by molar-refractivity contribution is 0.507. The van der Waals surface area contributed by atoms with Gasteiger partial charge < -0.3 is 0 Å². The number of aromatic nitrogens is 4. The van der Waals surface area contributed by atoms with E-state index in [0.29, 0.717) is 20.5 Å². The molecule has 0 saturated heterocycles. The third kappa shape index (κ3) is 5.12. The molecule has 4 rings (SSSR count). The van der Waals surface area contributed by atoms with Crippen molar-refractivity contribution >= 4 is 54.0 Å². The first-order valence-electron chi connectivity index (χ1n) is 10.9. The van der Waals surface area contributed by atoms with Gasteiger partial charge in [-0.2, -0.15) is 5.10 Å². The van der Waals surface area contributed by atoms with Gasteiger partial charge in [-0.3, -0.25) is 4.99 Å². The van der Waals surface area contributed by atoms with Gasteiger partial charge >= 0.3 is 0 Å². The van der Waals surface area contributed by atoms with E-state index >= 15 is 0 Å². The number of fused-ring (bicyclic) bond motifs is 1. The van der Waals surface area contributed by atoms with E-state index in [9.17, 15) is 16.8 Å². The Morgan fingerprint density at radius 1 is 0.944 bits per heavy atom. The average Bonchev–Trinajstić information content (AvgIpc) is 3.26. The molecule has 0 saturated carbocycles. The number of hydrogen-bond donors (Lipinski definition) is 0. The monoisotopic (exact) mass is 527 g/mol. The van der Waals surface area contributed by atoms with Crippen molar-refractivity contribution < 1.29 is 16.8 Å². The Labute approximate surface area is 209 Å². The number of aliphatic imine (C=N–C) groups is 1. The Morgan fingerprint density at radius 2 is 1.58 bits per heavy atom. The van der Waals surface area contributed by atoms with Crippen molar-refractivity contribution in [3.8, 4) is 5.69 Å². The number of hydrazine groups is 1. The number of sulfonamides is 2. The molecule has 0 fully saturated rings. The summed E-state index contributed by atoms with van der Waals surface area (Å²) in [6, 6.07) is 15.6. The number of benzene rings is 2. The summed E-state index contributed by atoms with van der Waals surface area (Å²) < 4.78 is 52.6. The minimum absolute atomic E-state index is 0.0353. The SMILES string of the molecule is CCC(C)=Nc1ccc(-n2ncc3c(N(c4ccccc4)N(S(C)(=O)=O)S(C)(=O)=O)ncnc32)cc1. The van der Waals surface area contributed by atoms with Crippen LogP contribution in [0.1, 0.15) is 20.3 Å². The highest BCUT2D eigenvalue weighted by molar-refractivity contribution is 8.03. The zero-order valence-corrected chi connectivity index (χ0v) is 21.8. The van der Waals surface area contributed by atoms with E-state index in [1.807, 2.05) is 38.1 Å². The lowest BCUT2D eigenvalue weighted by atomic mass is 10.2. The summed E-state index contributed by atoms with van der Waals surface area (Å²) in [6.07, 6.45) is 5.18. The zero-order valence-electron chi connectivity index (χ0n) is 20.1. The molecule has 36 heavy (non-hydrogen) atoms. The molecule has 2 aromatic carbocycles. The van der Waals surface area contributed by atoms with Crippen molar-refractivity contribution in [3.05, 3.63) is 67.1 Å². The topological polar surface area (TPSA) is 131 Å². The second kappa shape index (κ2) is 9.76. The molecule has 2 heterocycles. The Balaban J connectivity index is 1.90. The van der Waals surface area contributed by atoms with Gasteiger partial charge in [0.05, 0.1) is 41.2 Å². The molecule has 0 aliphatic carbocycles. The highest BCUT2D eigenvalue weighted by Gasteiger charge is 2.37. The largest absolute Gasteiger partial charge is 0.258 e. The van der Waals surface area contributed by atoms with Crippen LogP contribution in [0.5, 0.6) is 0 Å². The number of anilines is 2. The van der Waals surface area contributed by atoms with Crippen LogP contribution in [0.4, 0.5) is 17.2 Å². The van der Waals surface area contributed by atoms with Crippen molar-refractivity contribution in [3.63, 3.8) is 0 Å². The Kier molecular flexibility index (Phi) is 6.89. The van der Waals surface area contributed by atoms with E-state index in [1.165, 1.54) is 12.5 Å². The molecule has 188 valence electrons. The molecule has 0 unspecified atom stereocenters. The second-order valence-corrected chi connectivity index (χ2v) is 11.9. The maximum Gasteiger partial charge on any atom is 0.242 e. The van der Waals surface area contributed by atoms with Crippen molar-refractivity contribution in [1.82, 2.24) is 23.6 Å². The van der Waals surface area contributed by atoms with Gasteiger partial charge in [-0.05, 0) is 49.7 Å². The predicted octanol–water partition coefficient (Wildman–Crippen LogP) is 3.59. The fraction of sp³-hybridized carbons (Fsp3) is 0.217. The minimum atomic E-state index is -4.28. The summed E-state index contributed by atoms with van der Waals surface area (Å²) in [5.41, 5.74) is 3.14. The minimum Gasteiger partial charge on any atom is -0.258 e. The fourth-order valence-electron chi connectivity index (χ4n) is 3.56. The normalized spacial score (nSPS) is 12.9. The molecule has 0 N–H and O–H groups in total. The van der Waals surface area contributed by atoms with Gasteiger partial charge in [0.25, 0.3) is 0 Å². The third-order valence-corrected chi connectivity index (χ3v) is 8.29. The zero-order chi connectivity index (χ0) is 26.1. The maximum absolute atomic E-state index is 12.7. The Hall–Kier alpha value is -3.68. The standard InChI is InChI=1S/C23H25N7O4S2/c1-5-17(2)27-18-11-13-19(14-12-18)28-22-21(15-26-28)23(25-16-24-22)29(20-9-7-6-8-10-20)30(35(3,31)32)36(4,33)34/h6-16H,5H2,1-4H3. The summed E-state index contributed by atoms with van der Waals surface area (Å²) in [5, 5.41) is 5.81. The number of para-hydroxylation sites is 1. The first kappa shape index (κ1) is 25.4. The number of rotatable bonds is 8. The first-order valence-corrected chi connectivity index (χ1v) is 14.6. The molecule has 0 bridgehead atoms. The predicted molar refractivity (Wildman–Crippen MR) is 140 cm³/mol. The molecule has 0 atom stereocenters. The van der Waals surface area contributed by atoms with Crippen LogP contribution in [0.15, 0.2) is 72.1 Å². The van der Waals surface area contributed by atoms with E-state index in [1.54, 1.807) is 35.0 Å². The van der Waals surface area contributed by atoms with E-state index in [-0.39, 0.29) is 11.5 Å². The molecule has 4 aromatic rings. The third-order valence-electron chi connectivity index (χ3n) is 5.20. The Bertz CT molecular complexity index is 1600.